The van der Waals surface area contributed by atoms with Gasteiger partial charge in [-0.15, -0.1) is 0 Å². The van der Waals surface area contributed by atoms with Gasteiger partial charge >= 0.3 is 69.7 Å². The van der Waals surface area contributed by atoms with Gasteiger partial charge in [-0.1, -0.05) is 0 Å². The van der Waals surface area contributed by atoms with Crippen LogP contribution >= 0.6 is 46.9 Å². The summed E-state index contributed by atoms with van der Waals surface area (Å²) in [4.78, 5) is 214. The lowest BCUT2D eigenvalue weighted by atomic mass is 10.1. The smallest absolute Gasteiger partial charge is 0.394 e. The van der Waals surface area contributed by atoms with Crippen molar-refractivity contribution in [2.24, 2.45) is 0 Å². The largest absolute Gasteiger partial charge is 0.472 e. The zero-order chi connectivity index (χ0) is 104. The molecule has 0 aliphatic carbocycles. The molecule has 790 valence electrons. The van der Waals surface area contributed by atoms with Gasteiger partial charge < -0.3 is 137 Å². The number of phosphoric acid groups is 6. The van der Waals surface area contributed by atoms with Crippen molar-refractivity contribution >= 4 is 110 Å². The van der Waals surface area contributed by atoms with E-state index in [9.17, 15) is 141 Å². The maximum Gasteiger partial charge on any atom is 0.472 e. The van der Waals surface area contributed by atoms with E-state index in [4.69, 9.17) is 116 Å². The molecule has 0 aromatic carbocycles. The van der Waals surface area contributed by atoms with Gasteiger partial charge in [0.15, 0.2) is 77.4 Å². The molecule has 145 heavy (non-hydrogen) atoms. The van der Waals surface area contributed by atoms with Crippen molar-refractivity contribution in [3.8, 4) is 0 Å². The number of fused-ring (bicyclic) bond motifs is 3. The van der Waals surface area contributed by atoms with Gasteiger partial charge in [-0.3, -0.25) is 125 Å². The highest BCUT2D eigenvalue weighted by molar-refractivity contribution is 7.48. The number of ether oxygens (including phenoxy) is 7. The number of aliphatic hydroxyl groups excluding tert-OH is 9. The maximum atomic E-state index is 14.7. The number of nitrogens with one attached hydrogen (secondary N) is 4. The van der Waals surface area contributed by atoms with E-state index in [1.165, 1.54) is 0 Å². The van der Waals surface area contributed by atoms with Crippen LogP contribution in [0.25, 0.3) is 33.5 Å². The third-order valence-corrected chi connectivity index (χ3v) is 28.8. The fourth-order valence-electron chi connectivity index (χ4n) is 16.3. The number of hydrogen-bond donors (Lipinski definition) is 24. The molecule has 7 aliphatic rings. The lowest BCUT2D eigenvalue weighted by Crippen LogP contribution is -2.39. The van der Waals surface area contributed by atoms with Gasteiger partial charge in [-0.05, 0) is 12.1 Å². The number of aliphatic hydroxyl groups is 9. The number of aromatic nitrogens is 20. The number of nitrogens with two attached hydrogens (primary N) is 5. The summed E-state index contributed by atoms with van der Waals surface area (Å²) in [5.74, 6) is -2.01. The summed E-state index contributed by atoms with van der Waals surface area (Å²) in [5, 5.41) is 103. The number of anilines is 5. The van der Waals surface area contributed by atoms with Gasteiger partial charge in [0.25, 0.3) is 22.2 Å². The minimum absolute atomic E-state index is 0.173. The van der Waals surface area contributed by atoms with Gasteiger partial charge in [-0.25, -0.2) is 71.5 Å². The van der Waals surface area contributed by atoms with Crippen molar-refractivity contribution in [3.63, 3.8) is 0 Å². The molecule has 29 N–H and O–H groups in total. The van der Waals surface area contributed by atoms with Crippen LogP contribution in [0.4, 0.5) is 29.4 Å². The molecule has 7 saturated heterocycles. The molecule has 0 radical (unpaired) electrons. The molecule has 10 aromatic rings. The Bertz CT molecular complexity index is 7370. The Morgan fingerprint density at radius 3 is 0.917 bits per heavy atom. The van der Waals surface area contributed by atoms with Gasteiger partial charge in [0.2, 0.25) is 11.9 Å². The van der Waals surface area contributed by atoms with E-state index in [-0.39, 0.29) is 22.8 Å². The van der Waals surface area contributed by atoms with Crippen molar-refractivity contribution < 1.29 is 190 Å². The van der Waals surface area contributed by atoms with Crippen LogP contribution in [0.3, 0.4) is 0 Å². The molecule has 20 unspecified atom stereocenters. The molecule has 0 amide bonds. The Balaban J connectivity index is 0.599. The molecule has 34 atom stereocenters. The Hall–Kier alpha value is -10.6. The summed E-state index contributed by atoms with van der Waals surface area (Å²) >= 11 is 0. The lowest BCUT2D eigenvalue weighted by molar-refractivity contribution is -0.0662. The highest BCUT2D eigenvalue weighted by atomic mass is 31.2. The summed E-state index contributed by atoms with van der Waals surface area (Å²) in [5.41, 5.74) is 18.1. The van der Waals surface area contributed by atoms with Gasteiger partial charge in [0.1, 0.15) is 152 Å². The number of hydrogen-bond acceptors (Lipinski definition) is 56. The van der Waals surface area contributed by atoms with Crippen LogP contribution in [0.5, 0.6) is 0 Å². The maximum absolute atomic E-state index is 14.7. The molecule has 10 aromatic heterocycles. The minimum Gasteiger partial charge on any atom is -0.394 e. The molecule has 7 fully saturated rings. The first-order valence-corrected chi connectivity index (χ1v) is 50.6. The van der Waals surface area contributed by atoms with Gasteiger partial charge in [0.05, 0.1) is 65.2 Å². The molecule has 17 heterocycles. The van der Waals surface area contributed by atoms with E-state index >= 15 is 0 Å². The topological polar surface area (TPSA) is 1060 Å². The number of aromatic amines is 4. The van der Waals surface area contributed by atoms with Gasteiger partial charge in [0, 0.05) is 36.9 Å². The summed E-state index contributed by atoms with van der Waals surface area (Å²) in [6.45, 7) is -9.57. The molecule has 0 spiro atoms. The SMILES string of the molecule is Nc1ccn([C@@H]2O[C@H](CO)C(OP(=O)(O)OC[C@H]3O[C@@H](n4cnc5c(=O)[nH]c(N)nc54)C(O)C3OP(=O)(O)OC[C@H]3O[C@@H](n4ccc(=O)[nH]c4=O)C(O)C3OP(=O)(O)OC[C@H]3O[C@@H](n4cnc5c(N)ncnc54)C(O)C3OP(=O)(O)OC[C@H]3O[C@@H](n4ccc(N)nc4=O)C(O)C3OP(=O)(O)OC[C@H]3O[C@@H](n4cnc5c(=O)[nH]c(N)nc54)C(O)C3OP(=O)(O)OC[C@H]3O[C@@H](n4ccc(=O)[nH]c4=O)C(O)C3O)C2O)c(=O)n1. The summed E-state index contributed by atoms with van der Waals surface area (Å²) in [6.07, 6.45) is -53.4. The first-order chi connectivity index (χ1) is 68.3. The van der Waals surface area contributed by atoms with E-state index in [2.05, 4.69) is 54.8 Å². The second kappa shape index (κ2) is 41.1. The van der Waals surface area contributed by atoms with E-state index in [0.29, 0.717) is 24.3 Å². The Labute approximate surface area is 798 Å². The fourth-order valence-corrected chi connectivity index (χ4v) is 22.1. The van der Waals surface area contributed by atoms with Crippen LogP contribution in [0.1, 0.15) is 43.6 Å². The van der Waals surface area contributed by atoms with Crippen molar-refractivity contribution in [2.45, 2.75) is 172 Å². The molecular weight excluding hydrogens is 2100 g/mol. The van der Waals surface area contributed by atoms with Crippen molar-refractivity contribution in [2.75, 3.05) is 74.9 Å². The standard InChI is InChI=1S/C66H83N25O48P6/c67-27-1-5-85(63(105)77-27)55-36(97)42(20(9-92)127-55)134-141(111,112)122-14-25-47(41(102)60(132-25)91-19-76-33-51(91)82-62(71)84-53(33)104)139-145(119,120)124-12-23-44(38(99)57(130-23)88-8-4-30(94)80-66(88)108)136-142(113,114)125-13-24-45(39(100)58(131-24)89-17-74-31-48(69)72-16-73-49(31)89)138-144(117,118)123-11-22-43(37(98)56(129-22)86-6-2-28(68)78-64(86)106)135-143(115,116)126-15-26-46(40(101)59(133-26)90-18-75-32-50(90)81-61(70)83-52(32)103)137-140(109,110)121-10-21-34(95)35(96)54(128-21)87-7-3-29(93)79-65(87)107/h1-8,16-26,34-47,54-60,92,95-102H,9-15H2,(H,109,110)(H,111,112)(H,113,114)(H,115,116)(H,117,118)(H,119,120)(H2,67,77,105)(H2,68,78,106)(H2,69,72,73)(H,79,93,107)(H,80,94,108)(H3,70,81,83,103)(H3,71,82,84,104)/t20-,21-,22-,23-,24-,25-,26-,34?,35?,36?,37?,38?,39?,40?,41?,42?,43?,44?,45?,46?,47?,54-,55-,56-,57-,58-,59-,60-/m1/s1. The van der Waals surface area contributed by atoms with Crippen molar-refractivity contribution in [3.05, 3.63) is 158 Å². The summed E-state index contributed by atoms with van der Waals surface area (Å²) in [7, 11) is -35.7. The summed E-state index contributed by atoms with van der Waals surface area (Å²) < 4.78 is 195. The molecule has 73 nitrogen and oxygen atoms in total. The minimum atomic E-state index is -6.11. The average molecular weight is 2180 g/mol. The van der Waals surface area contributed by atoms with Crippen molar-refractivity contribution in [1.29, 1.82) is 0 Å². The highest BCUT2D eigenvalue weighted by Crippen LogP contribution is 2.58. The van der Waals surface area contributed by atoms with Crippen LogP contribution in [-0.2, 0) is 115 Å². The number of imidazole rings is 3. The van der Waals surface area contributed by atoms with Crippen LogP contribution in [0.2, 0.25) is 0 Å². The molecule has 7 aliphatic heterocycles. The molecule has 0 bridgehead atoms. The number of H-pyrrole nitrogens is 4. The van der Waals surface area contributed by atoms with E-state index in [1.54, 1.807) is 0 Å². The third kappa shape index (κ3) is 22.2. The average Bonchev–Trinajstić information content (AvgIpc) is 1.61. The predicted molar refractivity (Wildman–Crippen MR) is 460 cm³/mol. The molecule has 0 saturated carbocycles. The quantitative estimate of drug-likeness (QED) is 0.0160. The molecule has 79 heteroatoms. The number of phosphoric ester groups is 6. The van der Waals surface area contributed by atoms with E-state index in [0.717, 1.165) is 82.0 Å². The first-order valence-electron chi connectivity index (χ1n) is 41.6. The fraction of sp³-hybridized carbons (Fsp3) is 0.530. The van der Waals surface area contributed by atoms with E-state index in [1.807, 2.05) is 9.97 Å². The number of rotatable bonds is 38. The summed E-state index contributed by atoms with van der Waals surface area (Å²) in [6, 6.07) is 3.68. The molecular formula is C66H83N25O48P6. The second-order valence-electron chi connectivity index (χ2n) is 32.3. The Morgan fingerprint density at radius 1 is 0.317 bits per heavy atom. The van der Waals surface area contributed by atoms with Crippen LogP contribution in [0.15, 0.2) is 113 Å². The first kappa shape index (κ1) is 106. The normalized spacial score (nSPS) is 32.7. The van der Waals surface area contributed by atoms with E-state index < -0.39 is 350 Å². The second-order valence-corrected chi connectivity index (χ2v) is 40.8. The van der Waals surface area contributed by atoms with Crippen LogP contribution in [0, 0.1) is 0 Å². The predicted octanol–water partition coefficient (Wildman–Crippen LogP) is -11.2. The molecule has 17 rings (SSSR count). The Kier molecular flexibility index (Phi) is 30.0. The third-order valence-electron chi connectivity index (χ3n) is 22.9. The monoisotopic (exact) mass is 2180 g/mol. The van der Waals surface area contributed by atoms with Gasteiger partial charge in [-0.2, -0.15) is 19.9 Å². The van der Waals surface area contributed by atoms with Crippen LogP contribution in [-0.4, -0.2) is 347 Å². The zero-order valence-electron chi connectivity index (χ0n) is 72.4. The lowest BCUT2D eigenvalue weighted by Gasteiger charge is -2.27. The van der Waals surface area contributed by atoms with Crippen molar-refractivity contribution in [1.82, 2.24) is 96.8 Å². The Morgan fingerprint density at radius 2 is 0.593 bits per heavy atom. The highest BCUT2D eigenvalue weighted by Gasteiger charge is 2.59. The van der Waals surface area contributed by atoms with Crippen LogP contribution < -0.4 is 73.7 Å². The number of nitrogen functional groups attached to an aromatic ring is 5. The number of nitrogens with zero attached hydrogens (tertiary/aromatic N) is 16. The zero-order valence-corrected chi connectivity index (χ0v) is 77.8.